The first-order chi connectivity index (χ1) is 18.6. The fourth-order valence-electron chi connectivity index (χ4n) is 11.8. The van der Waals surface area contributed by atoms with Gasteiger partial charge in [-0.25, -0.2) is 0 Å². The highest BCUT2D eigenvalue weighted by Gasteiger charge is 2.57. The van der Waals surface area contributed by atoms with Gasteiger partial charge in [-0.1, -0.05) is 12.1 Å². The molecule has 8 fully saturated rings. The fourth-order valence-corrected chi connectivity index (χ4v) is 11.8. The number of ether oxygens (including phenoxy) is 2. The number of rotatable bonds is 8. The second kappa shape index (κ2) is 8.86. The molecule has 8 aliphatic carbocycles. The molecular formula is C34H44O4. The number of benzene rings is 2. The van der Waals surface area contributed by atoms with E-state index < -0.39 is 0 Å². The molecule has 10 rings (SSSR count). The van der Waals surface area contributed by atoms with Gasteiger partial charge in [-0.15, -0.1) is 0 Å². The largest absolute Gasteiger partial charge is 0.491 e. The summed E-state index contributed by atoms with van der Waals surface area (Å²) in [4.78, 5) is 0. The lowest BCUT2D eigenvalue weighted by atomic mass is 9.44. The van der Waals surface area contributed by atoms with Crippen molar-refractivity contribution in [2.45, 2.75) is 87.9 Å². The SMILES string of the molecule is OCCOc1cc(OCCO)c2c(C34CC5CC(CC(C5)C3)C4)c(C34CC5CC(CC(C5)C3)C4)ccc2c1. The smallest absolute Gasteiger partial charge is 0.131 e. The van der Waals surface area contributed by atoms with E-state index in [2.05, 4.69) is 18.2 Å². The third-order valence-corrected chi connectivity index (χ3v) is 11.9. The Labute approximate surface area is 227 Å². The maximum atomic E-state index is 9.73. The molecule has 4 nitrogen and oxygen atoms in total. The van der Waals surface area contributed by atoms with Gasteiger partial charge < -0.3 is 19.7 Å². The molecule has 0 saturated heterocycles. The maximum absolute atomic E-state index is 9.73. The summed E-state index contributed by atoms with van der Waals surface area (Å²) in [6.45, 7) is 0.567. The monoisotopic (exact) mass is 516 g/mol. The highest BCUT2D eigenvalue weighted by atomic mass is 16.5. The summed E-state index contributed by atoms with van der Waals surface area (Å²) in [5.41, 5.74) is 3.93. The van der Waals surface area contributed by atoms with Crippen LogP contribution in [-0.4, -0.2) is 36.6 Å². The van der Waals surface area contributed by atoms with Gasteiger partial charge in [-0.3, -0.25) is 0 Å². The number of hydrogen-bond donors (Lipinski definition) is 2. The Kier molecular flexibility index (Phi) is 5.61. The lowest BCUT2D eigenvalue weighted by molar-refractivity contribution is -0.0169. The van der Waals surface area contributed by atoms with Crippen LogP contribution in [0.5, 0.6) is 11.5 Å². The normalized spacial score (nSPS) is 40.3. The van der Waals surface area contributed by atoms with Crippen LogP contribution in [0.1, 0.15) is 88.2 Å². The van der Waals surface area contributed by atoms with Crippen molar-refractivity contribution >= 4 is 10.8 Å². The molecule has 0 amide bonds. The first-order valence-electron chi connectivity index (χ1n) is 15.7. The minimum Gasteiger partial charge on any atom is -0.491 e. The van der Waals surface area contributed by atoms with Crippen LogP contribution in [0, 0.1) is 35.5 Å². The molecule has 0 radical (unpaired) electrons. The Balaban J connectivity index is 1.36. The lowest BCUT2D eigenvalue weighted by Crippen LogP contribution is -2.52. The summed E-state index contributed by atoms with van der Waals surface area (Å²) in [5.74, 6) is 7.03. The number of hydrogen-bond acceptors (Lipinski definition) is 4. The zero-order chi connectivity index (χ0) is 25.5. The van der Waals surface area contributed by atoms with Crippen LogP contribution in [0.25, 0.3) is 10.8 Å². The molecule has 2 N–H and O–H groups in total. The van der Waals surface area contributed by atoms with Crippen molar-refractivity contribution in [2.75, 3.05) is 26.4 Å². The standard InChI is InChI=1S/C34H44O4/c35-3-5-37-28-13-27-1-2-29(33-15-21-7-22(16-33)9-23(8-21)17-33)32(31(27)30(14-28)38-6-4-36)34-18-24-10-25(19-34)12-26(11-24)20-34/h1-2,13-14,21-26,35-36H,3-12,15-20H2. The first kappa shape index (κ1) is 24.1. The van der Waals surface area contributed by atoms with Gasteiger partial charge in [0.05, 0.1) is 13.2 Å². The highest BCUT2D eigenvalue weighted by Crippen LogP contribution is 2.67. The minimum absolute atomic E-state index is 0.00455. The third kappa shape index (κ3) is 3.69. The number of aliphatic hydroxyl groups excluding tert-OH is 2. The van der Waals surface area contributed by atoms with Gasteiger partial charge in [0, 0.05) is 11.5 Å². The molecule has 8 aliphatic rings. The zero-order valence-corrected chi connectivity index (χ0v) is 22.8. The average molecular weight is 517 g/mol. The minimum atomic E-state index is -0.00560. The van der Waals surface area contributed by atoms with E-state index in [0.717, 1.165) is 47.0 Å². The van der Waals surface area contributed by atoms with Crippen molar-refractivity contribution in [3.05, 3.63) is 35.4 Å². The van der Waals surface area contributed by atoms with Crippen molar-refractivity contribution in [2.24, 2.45) is 35.5 Å². The molecule has 2 aromatic rings. The van der Waals surface area contributed by atoms with E-state index in [4.69, 9.17) is 9.47 Å². The Morgan fingerprint density at radius 3 is 1.66 bits per heavy atom. The second-order valence-corrected chi connectivity index (χ2v) is 14.5. The summed E-state index contributed by atoms with van der Waals surface area (Å²) in [7, 11) is 0. The molecule has 8 saturated carbocycles. The highest BCUT2D eigenvalue weighted by molar-refractivity contribution is 5.95. The van der Waals surface area contributed by atoms with Gasteiger partial charge in [-0.2, -0.15) is 0 Å². The van der Waals surface area contributed by atoms with Gasteiger partial charge in [0.2, 0.25) is 0 Å². The van der Waals surface area contributed by atoms with Crippen LogP contribution in [0.2, 0.25) is 0 Å². The summed E-state index contributed by atoms with van der Waals surface area (Å²) in [6.07, 6.45) is 16.9. The number of fused-ring (bicyclic) bond motifs is 1. The molecule has 0 spiro atoms. The van der Waals surface area contributed by atoms with Gasteiger partial charge in [0.25, 0.3) is 0 Å². The van der Waals surface area contributed by atoms with Crippen LogP contribution in [0.15, 0.2) is 24.3 Å². The van der Waals surface area contributed by atoms with Crippen LogP contribution in [0.3, 0.4) is 0 Å². The Morgan fingerprint density at radius 1 is 0.632 bits per heavy atom. The number of aliphatic hydroxyl groups is 2. The molecule has 0 atom stereocenters. The molecule has 8 bridgehead atoms. The quantitative estimate of drug-likeness (QED) is 0.420. The molecule has 4 heteroatoms. The van der Waals surface area contributed by atoms with Crippen LogP contribution in [-0.2, 0) is 10.8 Å². The molecule has 0 unspecified atom stereocenters. The first-order valence-corrected chi connectivity index (χ1v) is 15.7. The van der Waals surface area contributed by atoms with Crippen LogP contribution >= 0.6 is 0 Å². The van der Waals surface area contributed by atoms with E-state index in [1.165, 1.54) is 87.8 Å². The van der Waals surface area contributed by atoms with Crippen molar-refractivity contribution in [1.29, 1.82) is 0 Å². The van der Waals surface area contributed by atoms with Crippen molar-refractivity contribution < 1.29 is 19.7 Å². The predicted molar refractivity (Wildman–Crippen MR) is 149 cm³/mol. The van der Waals surface area contributed by atoms with E-state index in [-0.39, 0.29) is 25.2 Å². The molecule has 0 aliphatic heterocycles. The lowest BCUT2D eigenvalue weighted by Gasteiger charge is -2.61. The van der Waals surface area contributed by atoms with Gasteiger partial charge in [0.15, 0.2) is 0 Å². The Hall–Kier alpha value is -1.78. The van der Waals surface area contributed by atoms with Crippen molar-refractivity contribution in [3.63, 3.8) is 0 Å². The summed E-state index contributed by atoms with van der Waals surface area (Å²) in [5, 5.41) is 21.6. The second-order valence-electron chi connectivity index (χ2n) is 14.5. The van der Waals surface area contributed by atoms with Crippen molar-refractivity contribution in [3.8, 4) is 11.5 Å². The van der Waals surface area contributed by atoms with E-state index >= 15 is 0 Å². The molecular weight excluding hydrogens is 472 g/mol. The predicted octanol–water partition coefficient (Wildman–Crippen LogP) is 6.52. The van der Waals surface area contributed by atoms with Gasteiger partial charge >= 0.3 is 0 Å². The molecule has 204 valence electrons. The van der Waals surface area contributed by atoms with Crippen LogP contribution < -0.4 is 9.47 Å². The molecule has 2 aromatic carbocycles. The summed E-state index contributed by atoms with van der Waals surface area (Å²) >= 11 is 0. The topological polar surface area (TPSA) is 58.9 Å². The average Bonchev–Trinajstić information content (AvgIpc) is 2.88. The Bertz CT molecular complexity index is 1160. The molecule has 0 heterocycles. The maximum Gasteiger partial charge on any atom is 0.131 e. The van der Waals surface area contributed by atoms with Crippen molar-refractivity contribution in [1.82, 2.24) is 0 Å². The zero-order valence-electron chi connectivity index (χ0n) is 22.8. The summed E-state index contributed by atoms with van der Waals surface area (Å²) < 4.78 is 12.3. The molecule has 38 heavy (non-hydrogen) atoms. The van der Waals surface area contributed by atoms with E-state index in [1.807, 2.05) is 6.07 Å². The Morgan fingerprint density at radius 2 is 1.13 bits per heavy atom. The molecule has 0 aromatic heterocycles. The fraction of sp³-hybridized carbons (Fsp3) is 0.706. The van der Waals surface area contributed by atoms with E-state index in [1.54, 1.807) is 11.1 Å². The van der Waals surface area contributed by atoms with Gasteiger partial charge in [0.1, 0.15) is 24.7 Å². The van der Waals surface area contributed by atoms with E-state index in [9.17, 15) is 10.2 Å². The van der Waals surface area contributed by atoms with Gasteiger partial charge in [-0.05, 0) is 146 Å². The van der Waals surface area contributed by atoms with Crippen LogP contribution in [0.4, 0.5) is 0 Å². The summed E-state index contributed by atoms with van der Waals surface area (Å²) in [6, 6.07) is 9.12. The third-order valence-electron chi connectivity index (χ3n) is 11.9. The van der Waals surface area contributed by atoms with E-state index in [0.29, 0.717) is 12.0 Å².